The minimum Gasteiger partial charge on any atom is -0.316 e. The SMILES string of the molecule is CCCN(Cc1ccnc(Cl)c1)CC1CCCNC1. The molecule has 1 aromatic heterocycles. The van der Waals surface area contributed by atoms with Crippen molar-refractivity contribution >= 4 is 11.6 Å². The summed E-state index contributed by atoms with van der Waals surface area (Å²) in [6, 6.07) is 4.04. The van der Waals surface area contributed by atoms with Crippen LogP contribution in [0.5, 0.6) is 0 Å². The van der Waals surface area contributed by atoms with Crippen molar-refractivity contribution in [2.45, 2.75) is 32.7 Å². The van der Waals surface area contributed by atoms with E-state index < -0.39 is 0 Å². The summed E-state index contributed by atoms with van der Waals surface area (Å²) in [5.74, 6) is 0.789. The molecule has 1 aliphatic rings. The van der Waals surface area contributed by atoms with Gasteiger partial charge in [-0.05, 0) is 62.5 Å². The summed E-state index contributed by atoms with van der Waals surface area (Å²) in [7, 11) is 0. The minimum atomic E-state index is 0.591. The number of aromatic nitrogens is 1. The molecule has 0 saturated carbocycles. The monoisotopic (exact) mass is 281 g/mol. The molecule has 1 unspecified atom stereocenters. The Balaban J connectivity index is 1.91. The Morgan fingerprint density at radius 1 is 1.53 bits per heavy atom. The summed E-state index contributed by atoms with van der Waals surface area (Å²) >= 11 is 5.96. The molecule has 0 spiro atoms. The summed E-state index contributed by atoms with van der Waals surface area (Å²) in [4.78, 5) is 6.59. The molecule has 4 heteroatoms. The van der Waals surface area contributed by atoms with E-state index in [0.29, 0.717) is 5.15 Å². The molecule has 19 heavy (non-hydrogen) atoms. The Labute approximate surface area is 121 Å². The number of halogens is 1. The number of piperidine rings is 1. The highest BCUT2D eigenvalue weighted by molar-refractivity contribution is 6.29. The van der Waals surface area contributed by atoms with E-state index in [1.165, 1.54) is 37.9 Å². The predicted octanol–water partition coefficient (Wildman–Crippen LogP) is 2.95. The van der Waals surface area contributed by atoms with Gasteiger partial charge in [-0.2, -0.15) is 0 Å². The van der Waals surface area contributed by atoms with Gasteiger partial charge < -0.3 is 5.32 Å². The van der Waals surface area contributed by atoms with Crippen LogP contribution in [0.2, 0.25) is 5.15 Å². The lowest BCUT2D eigenvalue weighted by atomic mass is 9.99. The van der Waals surface area contributed by atoms with E-state index in [9.17, 15) is 0 Å². The third-order valence-electron chi connectivity index (χ3n) is 3.65. The first kappa shape index (κ1) is 14.8. The second-order valence-electron chi connectivity index (χ2n) is 5.43. The number of hydrogen-bond acceptors (Lipinski definition) is 3. The van der Waals surface area contributed by atoms with E-state index in [0.717, 1.165) is 25.6 Å². The Morgan fingerprint density at radius 2 is 2.42 bits per heavy atom. The van der Waals surface area contributed by atoms with Crippen LogP contribution in [-0.4, -0.2) is 36.1 Å². The van der Waals surface area contributed by atoms with Gasteiger partial charge in [0.1, 0.15) is 5.15 Å². The van der Waals surface area contributed by atoms with Gasteiger partial charge in [-0.3, -0.25) is 4.90 Å². The highest BCUT2D eigenvalue weighted by atomic mass is 35.5. The van der Waals surface area contributed by atoms with E-state index in [2.05, 4.69) is 28.2 Å². The first-order valence-electron chi connectivity index (χ1n) is 7.31. The molecule has 0 bridgehead atoms. The molecule has 2 rings (SSSR count). The van der Waals surface area contributed by atoms with E-state index in [1.54, 1.807) is 6.20 Å². The summed E-state index contributed by atoms with van der Waals surface area (Å²) in [6.45, 7) is 7.90. The van der Waals surface area contributed by atoms with Crippen LogP contribution >= 0.6 is 11.6 Å². The van der Waals surface area contributed by atoms with Gasteiger partial charge in [-0.15, -0.1) is 0 Å². The van der Waals surface area contributed by atoms with Crippen molar-refractivity contribution in [1.82, 2.24) is 15.2 Å². The van der Waals surface area contributed by atoms with Crippen molar-refractivity contribution in [3.05, 3.63) is 29.0 Å². The highest BCUT2D eigenvalue weighted by Gasteiger charge is 2.16. The number of hydrogen-bond donors (Lipinski definition) is 1. The van der Waals surface area contributed by atoms with Gasteiger partial charge in [0, 0.05) is 19.3 Å². The largest absolute Gasteiger partial charge is 0.316 e. The van der Waals surface area contributed by atoms with E-state index in [-0.39, 0.29) is 0 Å². The molecule has 1 aliphatic heterocycles. The standard InChI is InChI=1S/C15H24ClN3/c1-2-8-19(12-14-4-3-6-17-10-14)11-13-5-7-18-15(16)9-13/h5,7,9,14,17H,2-4,6,8,10-12H2,1H3. The molecule has 0 amide bonds. The second kappa shape index (κ2) is 7.83. The van der Waals surface area contributed by atoms with Crippen molar-refractivity contribution in [3.8, 4) is 0 Å². The Bertz CT molecular complexity index is 377. The lowest BCUT2D eigenvalue weighted by Gasteiger charge is -2.30. The third-order valence-corrected chi connectivity index (χ3v) is 3.86. The van der Waals surface area contributed by atoms with Crippen LogP contribution in [0.1, 0.15) is 31.7 Å². The normalized spacial score (nSPS) is 19.8. The van der Waals surface area contributed by atoms with Crippen LogP contribution in [0.15, 0.2) is 18.3 Å². The van der Waals surface area contributed by atoms with Gasteiger partial charge in [0.05, 0.1) is 0 Å². The van der Waals surface area contributed by atoms with Gasteiger partial charge in [0.15, 0.2) is 0 Å². The Morgan fingerprint density at radius 3 is 3.11 bits per heavy atom. The van der Waals surface area contributed by atoms with Gasteiger partial charge in [0.2, 0.25) is 0 Å². The second-order valence-corrected chi connectivity index (χ2v) is 5.82. The summed E-state index contributed by atoms with van der Waals surface area (Å²) < 4.78 is 0. The molecule has 1 N–H and O–H groups in total. The molecular formula is C15H24ClN3. The minimum absolute atomic E-state index is 0.591. The fourth-order valence-corrected chi connectivity index (χ4v) is 2.99. The maximum Gasteiger partial charge on any atom is 0.129 e. The summed E-state index contributed by atoms with van der Waals surface area (Å²) in [6.07, 6.45) is 5.65. The average molecular weight is 282 g/mol. The van der Waals surface area contributed by atoms with Gasteiger partial charge >= 0.3 is 0 Å². The summed E-state index contributed by atoms with van der Waals surface area (Å²) in [5, 5.41) is 4.09. The van der Waals surface area contributed by atoms with Crippen LogP contribution in [-0.2, 0) is 6.54 Å². The molecule has 0 aliphatic carbocycles. The van der Waals surface area contributed by atoms with E-state index in [4.69, 9.17) is 11.6 Å². The molecule has 3 nitrogen and oxygen atoms in total. The number of nitrogens with zero attached hydrogens (tertiary/aromatic N) is 2. The van der Waals surface area contributed by atoms with Crippen molar-refractivity contribution in [2.24, 2.45) is 5.92 Å². The maximum atomic E-state index is 5.96. The zero-order valence-corrected chi connectivity index (χ0v) is 12.5. The predicted molar refractivity (Wildman–Crippen MR) is 80.4 cm³/mol. The molecule has 1 aromatic rings. The summed E-state index contributed by atoms with van der Waals surface area (Å²) in [5.41, 5.74) is 1.26. The topological polar surface area (TPSA) is 28.2 Å². The third kappa shape index (κ3) is 5.09. The van der Waals surface area contributed by atoms with Gasteiger partial charge in [0.25, 0.3) is 0 Å². The Kier molecular flexibility index (Phi) is 6.08. The molecule has 1 fully saturated rings. The fraction of sp³-hybridized carbons (Fsp3) is 0.667. The molecule has 1 atom stereocenters. The zero-order valence-electron chi connectivity index (χ0n) is 11.7. The first-order valence-corrected chi connectivity index (χ1v) is 7.69. The smallest absolute Gasteiger partial charge is 0.129 e. The van der Waals surface area contributed by atoms with Crippen LogP contribution in [0.3, 0.4) is 0 Å². The zero-order chi connectivity index (χ0) is 13.5. The number of rotatable bonds is 6. The number of pyridine rings is 1. The van der Waals surface area contributed by atoms with Crippen LogP contribution in [0.4, 0.5) is 0 Å². The van der Waals surface area contributed by atoms with Crippen LogP contribution in [0.25, 0.3) is 0 Å². The Hall–Kier alpha value is -0.640. The van der Waals surface area contributed by atoms with Crippen molar-refractivity contribution < 1.29 is 0 Å². The maximum absolute atomic E-state index is 5.96. The molecule has 2 heterocycles. The lowest BCUT2D eigenvalue weighted by molar-refractivity contribution is 0.201. The molecular weight excluding hydrogens is 258 g/mol. The van der Waals surface area contributed by atoms with Crippen molar-refractivity contribution in [3.63, 3.8) is 0 Å². The van der Waals surface area contributed by atoms with Gasteiger partial charge in [-0.1, -0.05) is 18.5 Å². The van der Waals surface area contributed by atoms with E-state index >= 15 is 0 Å². The quantitative estimate of drug-likeness (QED) is 0.813. The van der Waals surface area contributed by atoms with Crippen LogP contribution in [0, 0.1) is 5.92 Å². The molecule has 106 valence electrons. The fourth-order valence-electron chi connectivity index (χ4n) is 2.80. The average Bonchev–Trinajstić information content (AvgIpc) is 2.40. The van der Waals surface area contributed by atoms with E-state index in [1.807, 2.05) is 6.07 Å². The molecule has 1 saturated heterocycles. The first-order chi connectivity index (χ1) is 9.28. The van der Waals surface area contributed by atoms with Crippen molar-refractivity contribution in [1.29, 1.82) is 0 Å². The highest BCUT2D eigenvalue weighted by Crippen LogP contribution is 2.15. The number of nitrogens with one attached hydrogen (secondary N) is 1. The van der Waals surface area contributed by atoms with Crippen LogP contribution < -0.4 is 5.32 Å². The molecule has 0 aromatic carbocycles. The van der Waals surface area contributed by atoms with Crippen molar-refractivity contribution in [2.75, 3.05) is 26.2 Å². The molecule has 0 radical (unpaired) electrons. The lowest BCUT2D eigenvalue weighted by Crippen LogP contribution is -2.38. The van der Waals surface area contributed by atoms with Gasteiger partial charge in [-0.25, -0.2) is 4.98 Å².